The molecule has 1 aliphatic carbocycles. The lowest BCUT2D eigenvalue weighted by Crippen LogP contribution is -2.63. The molecule has 37 heavy (non-hydrogen) atoms. The fourth-order valence-electron chi connectivity index (χ4n) is 7.88. The number of pyridine rings is 1. The first-order valence-corrected chi connectivity index (χ1v) is 14.7. The van der Waals surface area contributed by atoms with E-state index in [-0.39, 0.29) is 17.8 Å². The number of piperidine rings is 1. The molecule has 3 aromatic rings. The van der Waals surface area contributed by atoms with Gasteiger partial charge in [-0.05, 0) is 98.9 Å². The van der Waals surface area contributed by atoms with Crippen LogP contribution in [0.2, 0.25) is 0 Å². The number of carbonyl (C=O) groups excluding carboxylic acids is 1. The lowest BCUT2D eigenvalue weighted by molar-refractivity contribution is -0.0731. The SMILES string of the molecule is Cc1ccc2c(N)c(C(=O)N[C@@H]3CCc4c(ccc(CC5C(C)CC6CCC7CC5N67)c4F)C3)sc2n1. The van der Waals surface area contributed by atoms with E-state index in [0.717, 1.165) is 57.5 Å². The zero-order valence-corrected chi connectivity index (χ0v) is 22.4. The second-order valence-electron chi connectivity index (χ2n) is 12.0. The van der Waals surface area contributed by atoms with Crippen LogP contribution in [0.5, 0.6) is 0 Å². The highest BCUT2D eigenvalue weighted by molar-refractivity contribution is 7.21. The minimum absolute atomic E-state index is 0.00379. The Labute approximate surface area is 221 Å². The van der Waals surface area contributed by atoms with Crippen LogP contribution in [-0.4, -0.2) is 40.0 Å². The maximum absolute atomic E-state index is 15.8. The van der Waals surface area contributed by atoms with E-state index in [0.29, 0.717) is 41.3 Å². The zero-order valence-electron chi connectivity index (χ0n) is 21.6. The number of aryl methyl sites for hydroxylation is 1. The van der Waals surface area contributed by atoms with Crippen molar-refractivity contribution in [2.24, 2.45) is 11.8 Å². The van der Waals surface area contributed by atoms with Gasteiger partial charge in [-0.15, -0.1) is 11.3 Å². The van der Waals surface area contributed by atoms with Crippen LogP contribution in [0.1, 0.15) is 71.1 Å². The molecule has 5 heterocycles. The van der Waals surface area contributed by atoms with Gasteiger partial charge in [0.2, 0.25) is 0 Å². The molecule has 3 N–H and O–H groups in total. The van der Waals surface area contributed by atoms with Gasteiger partial charge >= 0.3 is 0 Å². The maximum Gasteiger partial charge on any atom is 0.263 e. The van der Waals surface area contributed by atoms with Crippen molar-refractivity contribution in [3.05, 3.63) is 57.3 Å². The zero-order chi connectivity index (χ0) is 25.4. The van der Waals surface area contributed by atoms with Crippen molar-refractivity contribution in [3.8, 4) is 0 Å². The summed E-state index contributed by atoms with van der Waals surface area (Å²) in [5.74, 6) is 1.05. The van der Waals surface area contributed by atoms with Gasteiger partial charge in [-0.1, -0.05) is 19.1 Å². The smallest absolute Gasteiger partial charge is 0.263 e. The van der Waals surface area contributed by atoms with Crippen LogP contribution in [0.25, 0.3) is 10.2 Å². The van der Waals surface area contributed by atoms with Crippen LogP contribution >= 0.6 is 11.3 Å². The Hall–Kier alpha value is -2.51. The molecule has 7 heteroatoms. The number of aromatic nitrogens is 1. The highest BCUT2D eigenvalue weighted by atomic mass is 32.1. The van der Waals surface area contributed by atoms with Crippen LogP contribution in [-0.2, 0) is 19.3 Å². The number of halogens is 1. The van der Waals surface area contributed by atoms with Crippen molar-refractivity contribution >= 4 is 33.1 Å². The van der Waals surface area contributed by atoms with E-state index < -0.39 is 0 Å². The number of amides is 1. The molecule has 3 fully saturated rings. The standard InChI is InChI=1S/C30H35FN4OS/c1-15-11-20-7-8-21-14-25(35(20)21)24(15)13-18-5-4-17-12-19(6-10-22(17)26(18)31)34-29(36)28-27(32)23-9-3-16(2)33-30(23)37-28/h3-5,9,15,19-21,24-25H,6-8,10-14,32H2,1-2H3,(H,34,36)/t15?,19-,20?,21?,24?,25?/m1/s1. The summed E-state index contributed by atoms with van der Waals surface area (Å²) in [7, 11) is 0. The number of fused-ring (bicyclic) bond motifs is 2. The van der Waals surface area contributed by atoms with Crippen molar-refractivity contribution in [2.45, 2.75) is 89.4 Å². The molecule has 3 saturated heterocycles. The molecule has 0 spiro atoms. The van der Waals surface area contributed by atoms with Crippen molar-refractivity contribution < 1.29 is 9.18 Å². The highest BCUT2D eigenvalue weighted by Crippen LogP contribution is 2.51. The second kappa shape index (κ2) is 8.77. The number of benzene rings is 1. The van der Waals surface area contributed by atoms with E-state index in [2.05, 4.69) is 28.2 Å². The number of nitrogen functional groups attached to an aromatic ring is 1. The van der Waals surface area contributed by atoms with Crippen LogP contribution in [0.4, 0.5) is 10.1 Å². The molecule has 1 aromatic carbocycles. The highest BCUT2D eigenvalue weighted by Gasteiger charge is 2.54. The molecule has 5 unspecified atom stereocenters. The summed E-state index contributed by atoms with van der Waals surface area (Å²) in [6, 6.07) is 10.2. The second-order valence-corrected chi connectivity index (χ2v) is 13.0. The van der Waals surface area contributed by atoms with Gasteiger partial charge in [0.1, 0.15) is 15.5 Å². The molecule has 4 aliphatic rings. The Morgan fingerprint density at radius 3 is 2.84 bits per heavy atom. The van der Waals surface area contributed by atoms with Crippen LogP contribution in [0, 0.1) is 24.6 Å². The number of nitrogens with two attached hydrogens (primary N) is 1. The van der Waals surface area contributed by atoms with Crippen LogP contribution in [0.3, 0.4) is 0 Å². The molecule has 7 rings (SSSR count). The monoisotopic (exact) mass is 518 g/mol. The summed E-state index contributed by atoms with van der Waals surface area (Å²) < 4.78 is 15.8. The van der Waals surface area contributed by atoms with E-state index >= 15 is 4.39 Å². The fourth-order valence-corrected chi connectivity index (χ4v) is 8.92. The fraction of sp³-hybridized carbons (Fsp3) is 0.533. The molecular formula is C30H35FN4OS. The van der Waals surface area contributed by atoms with E-state index in [1.807, 2.05) is 25.1 Å². The summed E-state index contributed by atoms with van der Waals surface area (Å²) in [4.78, 5) is 21.7. The quantitative estimate of drug-likeness (QED) is 0.484. The lowest BCUT2D eigenvalue weighted by atomic mass is 9.69. The number of rotatable bonds is 4. The van der Waals surface area contributed by atoms with Crippen LogP contribution in [0.15, 0.2) is 24.3 Å². The predicted molar refractivity (Wildman–Crippen MR) is 146 cm³/mol. The number of carbonyl (C=O) groups is 1. The molecule has 2 aromatic heterocycles. The Morgan fingerprint density at radius 2 is 2.00 bits per heavy atom. The number of hydrogen-bond donors (Lipinski definition) is 2. The third-order valence-electron chi connectivity index (χ3n) is 9.80. The topological polar surface area (TPSA) is 71.2 Å². The first kappa shape index (κ1) is 23.6. The van der Waals surface area contributed by atoms with Gasteiger partial charge in [-0.3, -0.25) is 9.69 Å². The molecule has 3 aliphatic heterocycles. The molecule has 6 atom stereocenters. The number of nitrogens with zero attached hydrogens (tertiary/aromatic N) is 2. The summed E-state index contributed by atoms with van der Waals surface area (Å²) in [6.45, 7) is 4.32. The minimum atomic E-state index is -0.158. The van der Waals surface area contributed by atoms with Gasteiger partial charge in [0.15, 0.2) is 0 Å². The molecule has 0 saturated carbocycles. The maximum atomic E-state index is 15.8. The average molecular weight is 519 g/mol. The number of hydrogen-bond acceptors (Lipinski definition) is 5. The van der Waals surface area contributed by atoms with E-state index in [9.17, 15) is 4.79 Å². The largest absolute Gasteiger partial charge is 0.397 e. The normalized spacial score (nSPS) is 30.6. The average Bonchev–Trinajstić information content (AvgIpc) is 3.37. The van der Waals surface area contributed by atoms with Crippen molar-refractivity contribution in [3.63, 3.8) is 0 Å². The molecule has 0 bridgehead atoms. The summed E-state index contributed by atoms with van der Waals surface area (Å²) in [5.41, 5.74) is 10.5. The molecule has 194 valence electrons. The van der Waals surface area contributed by atoms with Crippen LogP contribution < -0.4 is 11.1 Å². The van der Waals surface area contributed by atoms with Gasteiger partial charge in [0.25, 0.3) is 5.91 Å². The number of anilines is 1. The van der Waals surface area contributed by atoms with Crippen molar-refractivity contribution in [2.75, 3.05) is 5.73 Å². The van der Waals surface area contributed by atoms with E-state index in [1.54, 1.807) is 0 Å². The first-order chi connectivity index (χ1) is 17.9. The lowest BCUT2D eigenvalue weighted by Gasteiger charge is -2.57. The van der Waals surface area contributed by atoms with Gasteiger partial charge in [-0.2, -0.15) is 0 Å². The molecular weight excluding hydrogens is 483 g/mol. The van der Waals surface area contributed by atoms with Gasteiger partial charge in [0.05, 0.1) is 5.69 Å². The molecule has 0 radical (unpaired) electrons. The van der Waals surface area contributed by atoms with Gasteiger partial charge in [-0.25, -0.2) is 9.37 Å². The third kappa shape index (κ3) is 3.80. The Balaban J connectivity index is 1.05. The molecule has 1 amide bonds. The Bertz CT molecular complexity index is 1400. The summed E-state index contributed by atoms with van der Waals surface area (Å²) in [5, 5.41) is 3.99. The van der Waals surface area contributed by atoms with E-state index in [4.69, 9.17) is 5.73 Å². The summed E-state index contributed by atoms with van der Waals surface area (Å²) in [6.07, 6.45) is 8.18. The van der Waals surface area contributed by atoms with Gasteiger partial charge < -0.3 is 11.1 Å². The Morgan fingerprint density at radius 1 is 1.19 bits per heavy atom. The van der Waals surface area contributed by atoms with Gasteiger partial charge in [0, 0.05) is 35.2 Å². The predicted octanol–water partition coefficient (Wildman–Crippen LogP) is 5.42. The molecule has 5 nitrogen and oxygen atoms in total. The number of nitrogens with one attached hydrogen (secondary N) is 1. The first-order valence-electron chi connectivity index (χ1n) is 13.9. The summed E-state index contributed by atoms with van der Waals surface area (Å²) >= 11 is 1.34. The van der Waals surface area contributed by atoms with Crippen molar-refractivity contribution in [1.29, 1.82) is 0 Å². The van der Waals surface area contributed by atoms with Crippen molar-refractivity contribution in [1.82, 2.24) is 15.2 Å². The third-order valence-corrected chi connectivity index (χ3v) is 10.9. The Kier molecular flexibility index (Phi) is 5.59. The number of thiophene rings is 1. The van der Waals surface area contributed by atoms with E-state index in [1.165, 1.54) is 37.0 Å². The minimum Gasteiger partial charge on any atom is -0.397 e.